The molecule has 2 aromatic rings. The highest BCUT2D eigenvalue weighted by Crippen LogP contribution is 2.30. The minimum atomic E-state index is -4.04. The monoisotopic (exact) mass is 409 g/mol. The molecular formula is C18H20FN3O5S. The van der Waals surface area contributed by atoms with Gasteiger partial charge in [-0.25, -0.2) is 18.2 Å². The first-order chi connectivity index (χ1) is 13.3. The van der Waals surface area contributed by atoms with Gasteiger partial charge in [0.1, 0.15) is 22.2 Å². The van der Waals surface area contributed by atoms with E-state index < -0.39 is 28.3 Å². The molecule has 0 aliphatic carbocycles. The van der Waals surface area contributed by atoms with Crippen molar-refractivity contribution >= 4 is 22.1 Å². The van der Waals surface area contributed by atoms with E-state index in [0.29, 0.717) is 5.75 Å². The van der Waals surface area contributed by atoms with Crippen LogP contribution in [0.15, 0.2) is 52.5 Å². The Balaban J connectivity index is 2.10. The number of rotatable bonds is 8. The number of methoxy groups -OCH3 is 2. The van der Waals surface area contributed by atoms with E-state index in [4.69, 9.17) is 9.47 Å². The topological polar surface area (TPSA) is 97.3 Å². The molecule has 0 bridgehead atoms. The zero-order valence-corrected chi connectivity index (χ0v) is 16.4. The molecule has 0 saturated heterocycles. The van der Waals surface area contributed by atoms with E-state index in [1.807, 2.05) is 0 Å². The van der Waals surface area contributed by atoms with Crippen molar-refractivity contribution in [1.82, 2.24) is 9.73 Å². The third kappa shape index (κ3) is 5.05. The Labute approximate surface area is 162 Å². The van der Waals surface area contributed by atoms with Gasteiger partial charge in [-0.05, 0) is 18.2 Å². The number of hydrogen-bond donors (Lipinski definition) is 1. The fourth-order valence-corrected chi connectivity index (χ4v) is 3.52. The number of sulfonamides is 1. The number of likely N-dealkylation sites (N-methyl/N-ethyl adjacent to an activating group) is 1. The molecule has 150 valence electrons. The molecule has 0 aliphatic heterocycles. The minimum absolute atomic E-state index is 0.116. The summed E-state index contributed by atoms with van der Waals surface area (Å²) in [5.41, 5.74) is 2.35. The summed E-state index contributed by atoms with van der Waals surface area (Å²) in [6.07, 6.45) is 1.13. The largest absolute Gasteiger partial charge is 0.497 e. The van der Waals surface area contributed by atoms with Crippen LogP contribution in [0.3, 0.4) is 0 Å². The third-order valence-electron chi connectivity index (χ3n) is 3.72. The van der Waals surface area contributed by atoms with Gasteiger partial charge in [0.05, 0.1) is 27.0 Å². The van der Waals surface area contributed by atoms with Crippen LogP contribution in [0.5, 0.6) is 11.5 Å². The molecule has 1 amide bonds. The number of carbonyl (C=O) groups is 1. The summed E-state index contributed by atoms with van der Waals surface area (Å²) in [5.74, 6) is -0.747. The Morgan fingerprint density at radius 1 is 1.21 bits per heavy atom. The molecule has 0 saturated carbocycles. The van der Waals surface area contributed by atoms with Crippen LogP contribution < -0.4 is 14.9 Å². The van der Waals surface area contributed by atoms with Crippen LogP contribution in [0.25, 0.3) is 0 Å². The zero-order chi connectivity index (χ0) is 20.7. The smallest absolute Gasteiger partial charge is 0.255 e. The third-order valence-corrected chi connectivity index (χ3v) is 5.55. The zero-order valence-electron chi connectivity index (χ0n) is 15.5. The fraction of sp³-hybridized carbons (Fsp3) is 0.222. The van der Waals surface area contributed by atoms with Crippen LogP contribution in [0.4, 0.5) is 4.39 Å². The standard InChI is InChI=1S/C18H20FN3O5S/c1-22(12-18(23)21-20-11-13-6-4-5-7-15(13)19)28(24,25)17-10-14(26-2)8-9-16(17)27-3/h4-11H,12H2,1-3H3,(H,21,23)/b20-11+. The lowest BCUT2D eigenvalue weighted by Gasteiger charge is -2.18. The van der Waals surface area contributed by atoms with Crippen LogP contribution in [0, 0.1) is 5.82 Å². The van der Waals surface area contributed by atoms with Gasteiger partial charge in [-0.1, -0.05) is 18.2 Å². The van der Waals surface area contributed by atoms with Crippen molar-refractivity contribution in [1.29, 1.82) is 0 Å². The second kappa shape index (κ2) is 9.29. The predicted molar refractivity (Wildman–Crippen MR) is 101 cm³/mol. The number of nitrogens with zero attached hydrogens (tertiary/aromatic N) is 2. The summed E-state index contributed by atoms with van der Waals surface area (Å²) < 4.78 is 50.0. The maximum Gasteiger partial charge on any atom is 0.255 e. The average molecular weight is 409 g/mol. The van der Waals surface area contributed by atoms with Gasteiger partial charge in [-0.15, -0.1) is 0 Å². The Morgan fingerprint density at radius 2 is 1.93 bits per heavy atom. The number of benzene rings is 2. The summed E-state index contributed by atoms with van der Waals surface area (Å²) in [6.45, 7) is -0.503. The van der Waals surface area contributed by atoms with Crippen molar-refractivity contribution in [2.45, 2.75) is 4.90 Å². The number of amides is 1. The van der Waals surface area contributed by atoms with Gasteiger partial charge in [-0.3, -0.25) is 4.79 Å². The molecular weight excluding hydrogens is 389 g/mol. The molecule has 10 heteroatoms. The summed E-state index contributed by atoms with van der Waals surface area (Å²) >= 11 is 0. The van der Waals surface area contributed by atoms with Crippen LogP contribution in [-0.4, -0.2) is 52.7 Å². The first kappa shape index (κ1) is 21.3. The number of hydrazone groups is 1. The molecule has 0 spiro atoms. The Morgan fingerprint density at radius 3 is 2.57 bits per heavy atom. The van der Waals surface area contributed by atoms with Crippen molar-refractivity contribution in [3.05, 3.63) is 53.8 Å². The van der Waals surface area contributed by atoms with Gasteiger partial charge < -0.3 is 9.47 Å². The predicted octanol–water partition coefficient (Wildman–Crippen LogP) is 1.61. The molecule has 8 nitrogen and oxygen atoms in total. The number of carbonyl (C=O) groups excluding carboxylic acids is 1. The highest BCUT2D eigenvalue weighted by atomic mass is 32.2. The van der Waals surface area contributed by atoms with Crippen molar-refractivity contribution in [3.63, 3.8) is 0 Å². The van der Waals surface area contributed by atoms with Gasteiger partial charge in [0.25, 0.3) is 5.91 Å². The van der Waals surface area contributed by atoms with Crippen LogP contribution in [0.2, 0.25) is 0 Å². The van der Waals surface area contributed by atoms with Crippen molar-refractivity contribution in [3.8, 4) is 11.5 Å². The number of nitrogens with one attached hydrogen (secondary N) is 1. The van der Waals surface area contributed by atoms with Gasteiger partial charge >= 0.3 is 0 Å². The normalized spacial score (nSPS) is 11.6. The van der Waals surface area contributed by atoms with Crippen molar-refractivity contribution in [2.75, 3.05) is 27.8 Å². The fourth-order valence-electron chi connectivity index (χ4n) is 2.23. The summed E-state index contributed by atoms with van der Waals surface area (Å²) in [6, 6.07) is 10.2. The van der Waals surface area contributed by atoms with E-state index in [1.54, 1.807) is 12.1 Å². The van der Waals surface area contributed by atoms with E-state index in [9.17, 15) is 17.6 Å². The molecule has 28 heavy (non-hydrogen) atoms. The van der Waals surface area contributed by atoms with E-state index in [2.05, 4.69) is 10.5 Å². The van der Waals surface area contributed by atoms with Crippen LogP contribution >= 0.6 is 0 Å². The SMILES string of the molecule is COc1ccc(OC)c(S(=O)(=O)N(C)CC(=O)N/N=C/c2ccccc2F)c1. The second-order valence-corrected chi connectivity index (χ2v) is 7.61. The Bertz CT molecular complexity index is 979. The lowest BCUT2D eigenvalue weighted by atomic mass is 10.2. The number of ether oxygens (including phenoxy) is 2. The average Bonchev–Trinajstić information content (AvgIpc) is 2.68. The lowest BCUT2D eigenvalue weighted by Crippen LogP contribution is -2.36. The molecule has 2 aromatic carbocycles. The molecule has 0 aromatic heterocycles. The van der Waals surface area contributed by atoms with Crippen molar-refractivity contribution in [2.24, 2.45) is 5.10 Å². The number of halogens is 1. The van der Waals surface area contributed by atoms with Gasteiger partial charge in [0.15, 0.2) is 0 Å². The number of hydrogen-bond acceptors (Lipinski definition) is 6. The molecule has 1 N–H and O–H groups in total. The summed E-state index contributed by atoms with van der Waals surface area (Å²) in [5, 5.41) is 3.64. The van der Waals surface area contributed by atoms with Gasteiger partial charge in [0, 0.05) is 18.7 Å². The van der Waals surface area contributed by atoms with E-state index >= 15 is 0 Å². The molecule has 0 heterocycles. The summed E-state index contributed by atoms with van der Waals surface area (Å²) in [7, 11) is -0.0493. The van der Waals surface area contributed by atoms with Crippen LogP contribution in [0.1, 0.15) is 5.56 Å². The maximum atomic E-state index is 13.5. The quantitative estimate of drug-likeness (QED) is 0.528. The van der Waals surface area contributed by atoms with Gasteiger partial charge in [0.2, 0.25) is 10.0 Å². The van der Waals surface area contributed by atoms with E-state index in [-0.39, 0.29) is 16.2 Å². The first-order valence-corrected chi connectivity index (χ1v) is 9.48. The Kier molecular flexibility index (Phi) is 7.07. The molecule has 0 atom stereocenters. The van der Waals surface area contributed by atoms with Crippen molar-refractivity contribution < 1.29 is 27.1 Å². The Hall–Kier alpha value is -2.98. The van der Waals surface area contributed by atoms with E-state index in [1.165, 1.54) is 51.6 Å². The molecule has 0 unspecified atom stereocenters. The first-order valence-electron chi connectivity index (χ1n) is 8.04. The highest BCUT2D eigenvalue weighted by molar-refractivity contribution is 7.89. The van der Waals surface area contributed by atoms with Gasteiger partial charge in [-0.2, -0.15) is 9.41 Å². The molecule has 0 radical (unpaired) electrons. The minimum Gasteiger partial charge on any atom is -0.497 e. The molecule has 0 fully saturated rings. The molecule has 0 aliphatic rings. The molecule has 2 rings (SSSR count). The highest BCUT2D eigenvalue weighted by Gasteiger charge is 2.27. The maximum absolute atomic E-state index is 13.5. The van der Waals surface area contributed by atoms with Crippen LogP contribution in [-0.2, 0) is 14.8 Å². The second-order valence-electron chi connectivity index (χ2n) is 5.59. The summed E-state index contributed by atoms with van der Waals surface area (Å²) in [4.78, 5) is 11.9. The van der Waals surface area contributed by atoms with E-state index in [0.717, 1.165) is 10.5 Å². The lowest BCUT2D eigenvalue weighted by molar-refractivity contribution is -0.121.